The third kappa shape index (κ3) is 3.41. The topological polar surface area (TPSA) is 68.1 Å². The van der Waals surface area contributed by atoms with Crippen molar-refractivity contribution >= 4 is 26.9 Å². The van der Waals surface area contributed by atoms with E-state index in [2.05, 4.69) is 21.8 Å². The summed E-state index contributed by atoms with van der Waals surface area (Å²) in [6, 6.07) is 9.07. The molecule has 2 heterocycles. The van der Waals surface area contributed by atoms with Gasteiger partial charge in [0.2, 0.25) is 0 Å². The molecule has 2 aromatic heterocycles. The van der Waals surface area contributed by atoms with E-state index in [-0.39, 0.29) is 24.4 Å². The average molecular weight is 436 g/mol. The molecule has 1 saturated carbocycles. The van der Waals surface area contributed by atoms with E-state index in [0.717, 1.165) is 35.5 Å². The number of hydrogen-bond acceptors (Lipinski definition) is 5. The number of aryl methyl sites for hydroxylation is 1. The van der Waals surface area contributed by atoms with Crippen LogP contribution in [0.15, 0.2) is 47.8 Å². The molecule has 0 atom stereocenters. The van der Waals surface area contributed by atoms with E-state index in [1.807, 2.05) is 14.0 Å². The van der Waals surface area contributed by atoms with Gasteiger partial charge in [-0.25, -0.2) is 22.4 Å². The molecule has 0 bridgehead atoms. The number of rotatable bonds is 4. The Labute approximate surface area is 172 Å². The molecule has 0 spiro atoms. The zero-order chi connectivity index (χ0) is 18.5. The maximum Gasteiger partial charge on any atom is 0.269 e. The maximum absolute atomic E-state index is 13.0. The van der Waals surface area contributed by atoms with Gasteiger partial charge in [-0.05, 0) is 43.9 Å². The van der Waals surface area contributed by atoms with Gasteiger partial charge in [0.15, 0.2) is 5.65 Å². The van der Waals surface area contributed by atoms with E-state index < -0.39 is 10.0 Å². The van der Waals surface area contributed by atoms with Crippen molar-refractivity contribution in [3.05, 3.63) is 48.4 Å². The number of aromatic nitrogens is 3. The summed E-state index contributed by atoms with van der Waals surface area (Å²) in [7, 11) is -1.68. The summed E-state index contributed by atoms with van der Waals surface area (Å²) in [5.74, 6) is 1.51. The van der Waals surface area contributed by atoms with E-state index >= 15 is 0 Å². The fraction of sp³-hybridized carbons (Fsp3) is 0.368. The summed E-state index contributed by atoms with van der Waals surface area (Å²) in [6.07, 6.45) is 5.27. The minimum atomic E-state index is -3.69. The van der Waals surface area contributed by atoms with Gasteiger partial charge in [0.05, 0.1) is 10.3 Å². The predicted molar refractivity (Wildman–Crippen MR) is 102 cm³/mol. The van der Waals surface area contributed by atoms with E-state index in [0.29, 0.717) is 11.7 Å². The van der Waals surface area contributed by atoms with Crippen molar-refractivity contribution in [3.8, 4) is 0 Å². The first-order chi connectivity index (χ1) is 12.4. The molecular weight excluding hydrogens is 414 g/mol. The molecule has 138 valence electrons. The first-order valence-electron chi connectivity index (χ1n) is 8.75. The summed E-state index contributed by atoms with van der Waals surface area (Å²) in [6.45, 7) is 4.17. The van der Waals surface area contributed by atoms with Crippen molar-refractivity contribution < 1.29 is 27.9 Å². The van der Waals surface area contributed by atoms with Gasteiger partial charge in [-0.15, -0.1) is 0 Å². The molecule has 4 rings (SSSR count). The molecule has 0 unspecified atom stereocenters. The van der Waals surface area contributed by atoms with Crippen LogP contribution in [-0.4, -0.2) is 35.4 Å². The molecule has 0 amide bonds. The Morgan fingerprint density at radius 1 is 1.11 bits per heavy atom. The van der Waals surface area contributed by atoms with Crippen molar-refractivity contribution in [1.82, 2.24) is 13.9 Å². The van der Waals surface area contributed by atoms with E-state index in [4.69, 9.17) is 0 Å². The second-order valence-electron chi connectivity index (χ2n) is 7.21. The van der Waals surface area contributed by atoms with Crippen LogP contribution in [0.3, 0.4) is 0 Å². The maximum atomic E-state index is 13.0. The van der Waals surface area contributed by atoms with Crippen LogP contribution in [0.1, 0.15) is 25.3 Å². The number of benzene rings is 1. The number of hydrogen-bond donors (Lipinski definition) is 0. The van der Waals surface area contributed by atoms with Crippen LogP contribution in [0.4, 0.5) is 5.82 Å². The Morgan fingerprint density at radius 2 is 1.78 bits per heavy atom. The van der Waals surface area contributed by atoms with E-state index in [1.54, 1.807) is 36.5 Å². The second-order valence-corrected chi connectivity index (χ2v) is 9.02. The van der Waals surface area contributed by atoms with Crippen LogP contribution in [0.25, 0.3) is 11.0 Å². The SMILES string of the molecule is Cc1ccc(S(=O)(=O)n2ccc3c(N(C)C4CC(C)C4)ncnc32)cc1.[Zn]. The normalized spacial score (nSPS) is 19.4. The van der Waals surface area contributed by atoms with Gasteiger partial charge < -0.3 is 4.90 Å². The number of anilines is 1. The zero-order valence-electron chi connectivity index (χ0n) is 15.8. The van der Waals surface area contributed by atoms with Crippen molar-refractivity contribution in [2.75, 3.05) is 11.9 Å². The molecule has 0 saturated heterocycles. The first kappa shape index (κ1) is 20.0. The van der Waals surface area contributed by atoms with Crippen LogP contribution < -0.4 is 4.90 Å². The van der Waals surface area contributed by atoms with Crippen LogP contribution >= 0.6 is 0 Å². The molecule has 0 radical (unpaired) electrons. The first-order valence-corrected chi connectivity index (χ1v) is 10.2. The van der Waals surface area contributed by atoms with Crippen LogP contribution in [0.5, 0.6) is 0 Å². The third-order valence-corrected chi connectivity index (χ3v) is 6.92. The molecule has 6 nitrogen and oxygen atoms in total. The molecule has 0 aliphatic heterocycles. The summed E-state index contributed by atoms with van der Waals surface area (Å²) in [5.41, 5.74) is 1.43. The van der Waals surface area contributed by atoms with Crippen molar-refractivity contribution in [1.29, 1.82) is 0 Å². The third-order valence-electron chi connectivity index (χ3n) is 5.24. The molecule has 3 aromatic rings. The predicted octanol–water partition coefficient (Wildman–Crippen LogP) is 3.21. The number of fused-ring (bicyclic) bond motifs is 1. The van der Waals surface area contributed by atoms with Crippen LogP contribution in [0, 0.1) is 12.8 Å². The summed E-state index contributed by atoms with van der Waals surface area (Å²) in [4.78, 5) is 11.1. The van der Waals surface area contributed by atoms with Gasteiger partial charge in [-0.1, -0.05) is 24.6 Å². The Bertz CT molecular complexity index is 1060. The van der Waals surface area contributed by atoms with Gasteiger partial charge in [0.1, 0.15) is 12.1 Å². The molecule has 8 heteroatoms. The Kier molecular flexibility index (Phi) is 5.41. The molecular formula is C19H22N4O2SZn. The van der Waals surface area contributed by atoms with Gasteiger partial charge in [0.25, 0.3) is 10.0 Å². The molecule has 27 heavy (non-hydrogen) atoms. The number of nitrogens with zero attached hydrogens (tertiary/aromatic N) is 4. The van der Waals surface area contributed by atoms with Gasteiger partial charge in [-0.3, -0.25) is 0 Å². The van der Waals surface area contributed by atoms with Crippen molar-refractivity contribution in [2.24, 2.45) is 5.92 Å². The average Bonchev–Trinajstić information content (AvgIpc) is 3.03. The fourth-order valence-electron chi connectivity index (χ4n) is 3.56. The summed E-state index contributed by atoms with van der Waals surface area (Å²) >= 11 is 0. The monoisotopic (exact) mass is 434 g/mol. The molecule has 1 aromatic carbocycles. The minimum Gasteiger partial charge on any atom is -0.356 e. The second kappa shape index (κ2) is 7.32. The van der Waals surface area contributed by atoms with Crippen LogP contribution in [0.2, 0.25) is 0 Å². The Balaban J connectivity index is 0.00000210. The molecule has 1 aliphatic rings. The van der Waals surface area contributed by atoms with Crippen molar-refractivity contribution in [3.63, 3.8) is 0 Å². The summed E-state index contributed by atoms with van der Waals surface area (Å²) in [5, 5.41) is 0.755. The minimum absolute atomic E-state index is 0. The van der Waals surface area contributed by atoms with Crippen molar-refractivity contribution in [2.45, 2.75) is 37.6 Å². The summed E-state index contributed by atoms with van der Waals surface area (Å²) < 4.78 is 27.3. The van der Waals surface area contributed by atoms with Gasteiger partial charge >= 0.3 is 0 Å². The van der Waals surface area contributed by atoms with E-state index in [1.165, 1.54) is 10.3 Å². The standard InChI is InChI=1S/C19H22N4O2S.Zn/c1-13-4-6-16(7-5-13)26(24,25)23-9-8-17-18(20-12-21-19(17)23)22(3)15-10-14(2)11-15;/h4-9,12,14-15H,10-11H2,1-3H3;. The Hall–Kier alpha value is -1.79. The molecule has 0 N–H and O–H groups in total. The largest absolute Gasteiger partial charge is 0.356 e. The molecule has 1 fully saturated rings. The van der Waals surface area contributed by atoms with Gasteiger partial charge in [0, 0.05) is 38.8 Å². The zero-order valence-corrected chi connectivity index (χ0v) is 19.6. The quantitative estimate of drug-likeness (QED) is 0.589. The fourth-order valence-corrected chi connectivity index (χ4v) is 4.86. The van der Waals surface area contributed by atoms with Gasteiger partial charge in [-0.2, -0.15) is 0 Å². The van der Waals surface area contributed by atoms with Crippen LogP contribution in [-0.2, 0) is 29.5 Å². The van der Waals surface area contributed by atoms with E-state index in [9.17, 15) is 8.42 Å². The Morgan fingerprint density at radius 3 is 2.41 bits per heavy atom. The molecule has 1 aliphatic carbocycles. The smallest absolute Gasteiger partial charge is 0.269 e.